The number of hydrogen-bond acceptors (Lipinski definition) is 5. The van der Waals surface area contributed by atoms with Crippen LogP contribution in [0.3, 0.4) is 0 Å². The zero-order valence-electron chi connectivity index (χ0n) is 16.8. The van der Waals surface area contributed by atoms with Gasteiger partial charge < -0.3 is 5.32 Å². The van der Waals surface area contributed by atoms with E-state index in [1.807, 2.05) is 34.6 Å². The molecule has 1 aromatic heterocycles. The van der Waals surface area contributed by atoms with Gasteiger partial charge in [-0.15, -0.1) is 0 Å². The molecule has 0 unspecified atom stereocenters. The Morgan fingerprint density at radius 1 is 1.04 bits per heavy atom. The largest absolute Gasteiger partial charge is 0.347 e. The summed E-state index contributed by atoms with van der Waals surface area (Å²) in [5, 5.41) is 6.08. The molecule has 2 N–H and O–H groups in total. The average Bonchev–Trinajstić information content (AvgIpc) is 2.94. The van der Waals surface area contributed by atoms with Gasteiger partial charge in [0, 0.05) is 23.1 Å². The van der Waals surface area contributed by atoms with E-state index in [0.717, 1.165) is 12.1 Å². The molecule has 0 spiro atoms. The van der Waals surface area contributed by atoms with E-state index in [9.17, 15) is 14.4 Å². The molecule has 0 atom stereocenters. The van der Waals surface area contributed by atoms with Crippen LogP contribution in [-0.4, -0.2) is 28.1 Å². The van der Waals surface area contributed by atoms with E-state index in [-0.39, 0.29) is 28.6 Å². The maximum Gasteiger partial charge on any atom is 0.257 e. The number of fused-ring (bicyclic) bond motifs is 1. The molecule has 1 aliphatic carbocycles. The number of hydrogen-bond donors (Lipinski definition) is 2. The van der Waals surface area contributed by atoms with Gasteiger partial charge in [0.1, 0.15) is 0 Å². The van der Waals surface area contributed by atoms with Crippen LogP contribution < -0.4 is 10.6 Å². The monoisotopic (exact) mass is 399 g/mol. The highest BCUT2D eigenvalue weighted by Crippen LogP contribution is 2.38. The first-order valence-corrected chi connectivity index (χ1v) is 10.0. The first kappa shape index (κ1) is 20.2. The molecule has 3 rings (SSSR count). The molecule has 28 heavy (non-hydrogen) atoms. The maximum atomic E-state index is 12.5. The number of amides is 2. The van der Waals surface area contributed by atoms with Crippen molar-refractivity contribution in [2.45, 2.75) is 53.0 Å². The molecule has 1 aliphatic rings. The third kappa shape index (κ3) is 4.65. The molecule has 7 heteroatoms. The molecule has 2 aromatic rings. The summed E-state index contributed by atoms with van der Waals surface area (Å²) in [7, 11) is 0. The van der Waals surface area contributed by atoms with Gasteiger partial charge in [-0.2, -0.15) is 0 Å². The third-order valence-corrected chi connectivity index (χ3v) is 5.41. The molecule has 6 nitrogen and oxygen atoms in total. The summed E-state index contributed by atoms with van der Waals surface area (Å²) in [6, 6.07) is 6.45. The first-order valence-electron chi connectivity index (χ1n) is 9.20. The summed E-state index contributed by atoms with van der Waals surface area (Å²) in [4.78, 5) is 42.1. The van der Waals surface area contributed by atoms with Crippen LogP contribution in [0.15, 0.2) is 24.3 Å². The standard InChI is InChI=1S/C21H25N3O3S/c1-20(2,3)24-18(27)13-8-6-12(7-9-13)17(26)23-19-22-14-10-21(4,5)11-15(25)16(14)28-19/h6-9H,10-11H2,1-5H3,(H,24,27)(H,22,23,26). The van der Waals surface area contributed by atoms with Gasteiger partial charge in [0.25, 0.3) is 11.8 Å². The number of aromatic nitrogens is 1. The van der Waals surface area contributed by atoms with Crippen LogP contribution in [-0.2, 0) is 6.42 Å². The summed E-state index contributed by atoms with van der Waals surface area (Å²) in [5.41, 5.74) is 1.23. The van der Waals surface area contributed by atoms with Gasteiger partial charge in [0.15, 0.2) is 10.9 Å². The number of nitrogens with one attached hydrogen (secondary N) is 2. The lowest BCUT2D eigenvalue weighted by molar-refractivity contribution is 0.0908. The van der Waals surface area contributed by atoms with Gasteiger partial charge in [-0.25, -0.2) is 4.98 Å². The van der Waals surface area contributed by atoms with Gasteiger partial charge in [-0.1, -0.05) is 25.2 Å². The second kappa shape index (κ2) is 7.13. The second-order valence-corrected chi connectivity index (χ2v) is 9.97. The fraction of sp³-hybridized carbons (Fsp3) is 0.429. The Bertz CT molecular complexity index is 937. The number of nitrogens with zero attached hydrogens (tertiary/aromatic N) is 1. The van der Waals surface area contributed by atoms with Crippen molar-refractivity contribution >= 4 is 34.1 Å². The Morgan fingerprint density at radius 3 is 2.18 bits per heavy atom. The van der Waals surface area contributed by atoms with Gasteiger partial charge in [0.2, 0.25) is 0 Å². The van der Waals surface area contributed by atoms with Gasteiger partial charge in [-0.3, -0.25) is 19.7 Å². The van der Waals surface area contributed by atoms with E-state index in [1.54, 1.807) is 24.3 Å². The van der Waals surface area contributed by atoms with Crippen LogP contribution in [0.2, 0.25) is 0 Å². The van der Waals surface area contributed by atoms with E-state index in [4.69, 9.17) is 0 Å². The van der Waals surface area contributed by atoms with Crippen molar-refractivity contribution in [1.29, 1.82) is 0 Å². The van der Waals surface area contributed by atoms with E-state index in [1.165, 1.54) is 11.3 Å². The van der Waals surface area contributed by atoms with Gasteiger partial charge in [-0.05, 0) is 56.9 Å². The SMILES string of the molecule is CC1(C)CC(=O)c2sc(NC(=O)c3ccc(C(=O)NC(C)(C)C)cc3)nc2C1. The van der Waals surface area contributed by atoms with E-state index in [2.05, 4.69) is 15.6 Å². The molecule has 2 amide bonds. The molecule has 0 fully saturated rings. The summed E-state index contributed by atoms with van der Waals surface area (Å²) in [5.74, 6) is -0.424. The minimum Gasteiger partial charge on any atom is -0.347 e. The molecule has 1 heterocycles. The van der Waals surface area contributed by atoms with E-state index < -0.39 is 0 Å². The summed E-state index contributed by atoms with van der Waals surface area (Å²) >= 11 is 1.22. The number of Topliss-reactive ketones (excluding diaryl/α,β-unsaturated/α-hetero) is 1. The van der Waals surface area contributed by atoms with E-state index in [0.29, 0.717) is 27.6 Å². The van der Waals surface area contributed by atoms with Crippen LogP contribution >= 0.6 is 11.3 Å². The average molecular weight is 400 g/mol. The van der Waals surface area contributed by atoms with Crippen LogP contribution in [0.4, 0.5) is 5.13 Å². The Hall–Kier alpha value is -2.54. The molecule has 0 saturated carbocycles. The van der Waals surface area contributed by atoms with Gasteiger partial charge >= 0.3 is 0 Å². The molecule has 0 bridgehead atoms. The molecule has 0 radical (unpaired) electrons. The highest BCUT2D eigenvalue weighted by Gasteiger charge is 2.34. The molecular weight excluding hydrogens is 374 g/mol. The number of anilines is 1. The predicted octanol–water partition coefficient (Wildman–Crippen LogP) is 4.08. The van der Waals surface area contributed by atoms with Crippen molar-refractivity contribution in [1.82, 2.24) is 10.3 Å². The van der Waals surface area contributed by atoms with Crippen molar-refractivity contribution in [3.05, 3.63) is 46.0 Å². The Morgan fingerprint density at radius 2 is 1.61 bits per heavy atom. The van der Waals surface area contributed by atoms with Crippen molar-refractivity contribution in [3.8, 4) is 0 Å². The molecule has 0 aliphatic heterocycles. The lowest BCUT2D eigenvalue weighted by Gasteiger charge is -2.26. The quantitative estimate of drug-likeness (QED) is 0.814. The number of ketones is 1. The summed E-state index contributed by atoms with van der Waals surface area (Å²) < 4.78 is 0. The first-order chi connectivity index (χ1) is 12.9. The normalized spacial score (nSPS) is 15.7. The van der Waals surface area contributed by atoms with Crippen molar-refractivity contribution in [3.63, 3.8) is 0 Å². The van der Waals surface area contributed by atoms with Crippen LogP contribution in [0.5, 0.6) is 0 Å². The topological polar surface area (TPSA) is 88.2 Å². The molecular formula is C21H25N3O3S. The van der Waals surface area contributed by atoms with E-state index >= 15 is 0 Å². The highest BCUT2D eigenvalue weighted by molar-refractivity contribution is 7.17. The zero-order valence-corrected chi connectivity index (χ0v) is 17.6. The Balaban J connectivity index is 1.71. The fourth-order valence-corrected chi connectivity index (χ4v) is 4.04. The van der Waals surface area contributed by atoms with Gasteiger partial charge in [0.05, 0.1) is 10.6 Å². The number of benzene rings is 1. The zero-order chi connectivity index (χ0) is 20.7. The van der Waals surface area contributed by atoms with Crippen LogP contribution in [0.1, 0.15) is 77.1 Å². The second-order valence-electron chi connectivity index (χ2n) is 8.97. The number of carbonyl (C=O) groups excluding carboxylic acids is 3. The fourth-order valence-electron chi connectivity index (χ4n) is 3.13. The lowest BCUT2D eigenvalue weighted by atomic mass is 9.78. The number of carbonyl (C=O) groups is 3. The molecule has 0 saturated heterocycles. The number of thiazole rings is 1. The third-order valence-electron chi connectivity index (χ3n) is 4.35. The maximum absolute atomic E-state index is 12.5. The summed E-state index contributed by atoms with van der Waals surface area (Å²) in [6.07, 6.45) is 1.21. The van der Waals surface area contributed by atoms with Crippen molar-refractivity contribution in [2.75, 3.05) is 5.32 Å². The minimum atomic E-state index is -0.330. The Kier molecular flexibility index (Phi) is 5.14. The smallest absolute Gasteiger partial charge is 0.257 e. The Labute approximate surface area is 168 Å². The van der Waals surface area contributed by atoms with Crippen LogP contribution in [0.25, 0.3) is 0 Å². The predicted molar refractivity (Wildman–Crippen MR) is 110 cm³/mol. The summed E-state index contributed by atoms with van der Waals surface area (Å²) in [6.45, 7) is 9.82. The highest BCUT2D eigenvalue weighted by atomic mass is 32.1. The lowest BCUT2D eigenvalue weighted by Crippen LogP contribution is -2.40. The van der Waals surface area contributed by atoms with Crippen molar-refractivity contribution in [2.24, 2.45) is 5.41 Å². The molecule has 1 aromatic carbocycles. The van der Waals surface area contributed by atoms with Crippen molar-refractivity contribution < 1.29 is 14.4 Å². The number of rotatable bonds is 3. The van der Waals surface area contributed by atoms with Crippen LogP contribution in [0, 0.1) is 5.41 Å². The minimum absolute atomic E-state index is 0.0819. The molecule has 148 valence electrons.